The SMILES string of the molecule is O=C(O)c1cc(Br)n(Cc2ccc3c(c2)CCC3)c1. The van der Waals surface area contributed by atoms with Crippen LogP contribution in [-0.4, -0.2) is 15.6 Å². The van der Waals surface area contributed by atoms with Gasteiger partial charge in [-0.15, -0.1) is 0 Å². The number of rotatable bonds is 3. The maximum atomic E-state index is 10.9. The van der Waals surface area contributed by atoms with E-state index in [9.17, 15) is 4.79 Å². The zero-order valence-electron chi connectivity index (χ0n) is 10.4. The van der Waals surface area contributed by atoms with Crippen molar-refractivity contribution < 1.29 is 9.90 Å². The molecule has 1 heterocycles. The van der Waals surface area contributed by atoms with Gasteiger partial charge in [0.15, 0.2) is 0 Å². The average Bonchev–Trinajstić information content (AvgIpc) is 2.96. The summed E-state index contributed by atoms with van der Waals surface area (Å²) in [4.78, 5) is 10.9. The number of carbonyl (C=O) groups is 1. The summed E-state index contributed by atoms with van der Waals surface area (Å²) in [6.07, 6.45) is 5.26. The lowest BCUT2D eigenvalue weighted by atomic mass is 10.1. The van der Waals surface area contributed by atoms with Crippen molar-refractivity contribution in [1.29, 1.82) is 0 Å². The third-order valence-corrected chi connectivity index (χ3v) is 4.29. The van der Waals surface area contributed by atoms with Crippen LogP contribution in [0.25, 0.3) is 0 Å². The van der Waals surface area contributed by atoms with Gasteiger partial charge in [-0.2, -0.15) is 0 Å². The Balaban J connectivity index is 1.87. The molecule has 0 aliphatic heterocycles. The van der Waals surface area contributed by atoms with Crippen LogP contribution in [0.5, 0.6) is 0 Å². The molecule has 0 radical (unpaired) electrons. The van der Waals surface area contributed by atoms with E-state index < -0.39 is 5.97 Å². The summed E-state index contributed by atoms with van der Waals surface area (Å²) >= 11 is 3.40. The molecule has 4 heteroatoms. The van der Waals surface area contributed by atoms with Gasteiger partial charge in [-0.1, -0.05) is 18.2 Å². The molecule has 1 aromatic heterocycles. The number of benzene rings is 1. The number of hydrogen-bond donors (Lipinski definition) is 1. The van der Waals surface area contributed by atoms with Gasteiger partial charge in [0.2, 0.25) is 0 Å². The summed E-state index contributed by atoms with van der Waals surface area (Å²) < 4.78 is 2.71. The standard InChI is InChI=1S/C15H14BrNO2/c16-14-7-13(15(18)19)9-17(14)8-10-4-5-11-2-1-3-12(11)6-10/h4-7,9H,1-3,8H2,(H,18,19). The summed E-state index contributed by atoms with van der Waals surface area (Å²) in [5, 5.41) is 8.98. The van der Waals surface area contributed by atoms with Crippen molar-refractivity contribution in [2.24, 2.45) is 0 Å². The van der Waals surface area contributed by atoms with Gasteiger partial charge in [0, 0.05) is 12.7 Å². The van der Waals surface area contributed by atoms with E-state index in [1.165, 1.54) is 29.5 Å². The Bertz CT molecular complexity index is 646. The molecule has 3 rings (SSSR count). The highest BCUT2D eigenvalue weighted by Gasteiger charge is 2.13. The number of nitrogens with zero attached hydrogens (tertiary/aromatic N) is 1. The van der Waals surface area contributed by atoms with Gasteiger partial charge < -0.3 is 9.67 Å². The second kappa shape index (κ2) is 4.85. The maximum absolute atomic E-state index is 10.9. The van der Waals surface area contributed by atoms with Crippen LogP contribution < -0.4 is 0 Å². The van der Waals surface area contributed by atoms with Crippen molar-refractivity contribution in [3.05, 3.63) is 57.3 Å². The van der Waals surface area contributed by atoms with Crippen molar-refractivity contribution in [2.75, 3.05) is 0 Å². The molecule has 0 amide bonds. The summed E-state index contributed by atoms with van der Waals surface area (Å²) in [5.41, 5.74) is 4.43. The Labute approximate surface area is 120 Å². The van der Waals surface area contributed by atoms with Crippen molar-refractivity contribution in [2.45, 2.75) is 25.8 Å². The van der Waals surface area contributed by atoms with Crippen LogP contribution in [0.4, 0.5) is 0 Å². The summed E-state index contributed by atoms with van der Waals surface area (Å²) in [5.74, 6) is -0.895. The molecule has 1 aliphatic rings. The van der Waals surface area contributed by atoms with Gasteiger partial charge in [0.05, 0.1) is 10.2 Å². The zero-order chi connectivity index (χ0) is 13.4. The van der Waals surface area contributed by atoms with Gasteiger partial charge in [-0.3, -0.25) is 0 Å². The minimum Gasteiger partial charge on any atom is -0.478 e. The predicted molar refractivity (Wildman–Crippen MR) is 76.7 cm³/mol. The van der Waals surface area contributed by atoms with Crippen molar-refractivity contribution >= 4 is 21.9 Å². The number of halogens is 1. The molecule has 0 fully saturated rings. The molecule has 0 saturated heterocycles. The lowest BCUT2D eigenvalue weighted by molar-refractivity contribution is 0.0697. The van der Waals surface area contributed by atoms with Crippen molar-refractivity contribution in [1.82, 2.24) is 4.57 Å². The number of aromatic nitrogens is 1. The molecule has 98 valence electrons. The fraction of sp³-hybridized carbons (Fsp3) is 0.267. The summed E-state index contributed by atoms with van der Waals surface area (Å²) in [6.45, 7) is 0.696. The van der Waals surface area contributed by atoms with E-state index in [0.29, 0.717) is 12.1 Å². The maximum Gasteiger partial charge on any atom is 0.337 e. The van der Waals surface area contributed by atoms with Crippen molar-refractivity contribution in [3.8, 4) is 0 Å². The molecule has 0 bridgehead atoms. The molecular formula is C15H14BrNO2. The van der Waals surface area contributed by atoms with Gasteiger partial charge in [-0.05, 0) is 57.9 Å². The molecular weight excluding hydrogens is 306 g/mol. The minimum absolute atomic E-state index is 0.313. The third kappa shape index (κ3) is 2.45. The summed E-state index contributed by atoms with van der Waals surface area (Å²) in [6, 6.07) is 8.22. The fourth-order valence-electron chi connectivity index (χ4n) is 2.64. The Morgan fingerprint density at radius 2 is 2.05 bits per heavy atom. The number of aromatic carboxylic acids is 1. The van der Waals surface area contributed by atoms with Crippen LogP contribution in [0.15, 0.2) is 35.1 Å². The quantitative estimate of drug-likeness (QED) is 0.941. The monoisotopic (exact) mass is 319 g/mol. The first kappa shape index (κ1) is 12.5. The third-order valence-electron chi connectivity index (χ3n) is 3.61. The number of hydrogen-bond acceptors (Lipinski definition) is 1. The van der Waals surface area contributed by atoms with E-state index in [0.717, 1.165) is 11.0 Å². The van der Waals surface area contributed by atoms with Crippen LogP contribution in [0, 0.1) is 0 Å². The highest BCUT2D eigenvalue weighted by atomic mass is 79.9. The molecule has 0 spiro atoms. The van der Waals surface area contributed by atoms with Gasteiger partial charge in [0.25, 0.3) is 0 Å². The number of carboxylic acid groups (broad SMARTS) is 1. The largest absolute Gasteiger partial charge is 0.478 e. The van der Waals surface area contributed by atoms with Crippen LogP contribution >= 0.6 is 15.9 Å². The van der Waals surface area contributed by atoms with E-state index in [4.69, 9.17) is 5.11 Å². The van der Waals surface area contributed by atoms with Crippen LogP contribution in [0.2, 0.25) is 0 Å². The predicted octanol–water partition coefficient (Wildman–Crippen LogP) is 3.49. The second-order valence-corrected chi connectivity index (χ2v) is 5.75. The second-order valence-electron chi connectivity index (χ2n) is 4.94. The Morgan fingerprint density at radius 1 is 1.26 bits per heavy atom. The highest BCUT2D eigenvalue weighted by Crippen LogP contribution is 2.24. The fourth-order valence-corrected chi connectivity index (χ4v) is 3.11. The minimum atomic E-state index is -0.895. The molecule has 1 aromatic carbocycles. The number of fused-ring (bicyclic) bond motifs is 1. The molecule has 0 atom stereocenters. The van der Waals surface area contributed by atoms with Crippen LogP contribution in [0.3, 0.4) is 0 Å². The average molecular weight is 320 g/mol. The lowest BCUT2D eigenvalue weighted by Crippen LogP contribution is -2.00. The highest BCUT2D eigenvalue weighted by molar-refractivity contribution is 9.10. The normalized spacial score (nSPS) is 13.5. The van der Waals surface area contributed by atoms with Crippen LogP contribution in [0.1, 0.15) is 33.5 Å². The van der Waals surface area contributed by atoms with Gasteiger partial charge in [0.1, 0.15) is 0 Å². The molecule has 0 unspecified atom stereocenters. The molecule has 1 aliphatic carbocycles. The topological polar surface area (TPSA) is 42.2 Å². The van der Waals surface area contributed by atoms with E-state index in [-0.39, 0.29) is 0 Å². The summed E-state index contributed by atoms with van der Waals surface area (Å²) in [7, 11) is 0. The first-order chi connectivity index (χ1) is 9.13. The Hall–Kier alpha value is -1.55. The van der Waals surface area contributed by atoms with E-state index in [2.05, 4.69) is 34.1 Å². The Morgan fingerprint density at radius 3 is 2.79 bits per heavy atom. The first-order valence-corrected chi connectivity index (χ1v) is 7.12. The van der Waals surface area contributed by atoms with E-state index >= 15 is 0 Å². The molecule has 3 nitrogen and oxygen atoms in total. The Kier molecular flexibility index (Phi) is 3.19. The molecule has 2 aromatic rings. The van der Waals surface area contributed by atoms with E-state index in [1.807, 2.05) is 4.57 Å². The van der Waals surface area contributed by atoms with Gasteiger partial charge in [-0.25, -0.2) is 4.79 Å². The lowest BCUT2D eigenvalue weighted by Gasteiger charge is -2.07. The smallest absolute Gasteiger partial charge is 0.337 e. The van der Waals surface area contributed by atoms with Crippen molar-refractivity contribution in [3.63, 3.8) is 0 Å². The molecule has 0 saturated carbocycles. The molecule has 1 N–H and O–H groups in total. The molecule has 19 heavy (non-hydrogen) atoms. The first-order valence-electron chi connectivity index (χ1n) is 6.33. The van der Waals surface area contributed by atoms with Crippen LogP contribution in [-0.2, 0) is 19.4 Å². The van der Waals surface area contributed by atoms with Gasteiger partial charge >= 0.3 is 5.97 Å². The zero-order valence-corrected chi connectivity index (χ0v) is 12.0. The number of aryl methyl sites for hydroxylation is 2. The van der Waals surface area contributed by atoms with E-state index in [1.54, 1.807) is 12.3 Å². The number of carboxylic acids is 1.